The van der Waals surface area contributed by atoms with Crippen LogP contribution in [-0.2, 0) is 9.53 Å². The number of hydrogen-bond acceptors (Lipinski definition) is 6. The highest BCUT2D eigenvalue weighted by Crippen LogP contribution is 2.29. The van der Waals surface area contributed by atoms with E-state index in [2.05, 4.69) is 50.7 Å². The highest BCUT2D eigenvalue weighted by Gasteiger charge is 2.20. The molecule has 1 aromatic carbocycles. The van der Waals surface area contributed by atoms with Crippen molar-refractivity contribution in [3.63, 3.8) is 0 Å². The van der Waals surface area contributed by atoms with Gasteiger partial charge in [-0.3, -0.25) is 4.90 Å². The second kappa shape index (κ2) is 13.2. The monoisotopic (exact) mass is 433 g/mol. The van der Waals surface area contributed by atoms with Gasteiger partial charge in [-0.2, -0.15) is 11.8 Å². The number of unbranched alkanes of at least 4 members (excludes halogenated alkanes) is 3. The van der Waals surface area contributed by atoms with Gasteiger partial charge in [-0.05, 0) is 55.7 Å². The number of nitrogens with zero attached hydrogens (tertiary/aromatic N) is 3. The molecule has 0 amide bonds. The van der Waals surface area contributed by atoms with Crippen LogP contribution in [0, 0.1) is 0 Å². The maximum atomic E-state index is 10.7. The molecule has 0 radical (unpaired) electrons. The van der Waals surface area contributed by atoms with Gasteiger partial charge in [-0.15, -0.1) is 0 Å². The normalized spacial score (nSPS) is 18.7. The quantitative estimate of drug-likeness (QED) is 0.367. The zero-order valence-corrected chi connectivity index (χ0v) is 19.5. The van der Waals surface area contributed by atoms with Crippen molar-refractivity contribution in [2.45, 2.75) is 43.8 Å². The first-order valence-corrected chi connectivity index (χ1v) is 12.7. The number of aldehydes is 1. The topological polar surface area (TPSA) is 36.0 Å². The van der Waals surface area contributed by atoms with E-state index in [0.29, 0.717) is 6.54 Å². The van der Waals surface area contributed by atoms with E-state index >= 15 is 0 Å². The van der Waals surface area contributed by atoms with E-state index in [1.165, 1.54) is 68.7 Å². The van der Waals surface area contributed by atoms with Crippen molar-refractivity contribution < 1.29 is 9.53 Å². The van der Waals surface area contributed by atoms with Crippen molar-refractivity contribution >= 4 is 29.4 Å². The number of hydrogen-bond donors (Lipinski definition) is 0. The molecule has 0 spiro atoms. The first kappa shape index (κ1) is 23.4. The Morgan fingerprint density at radius 2 is 1.50 bits per heavy atom. The average molecular weight is 434 g/mol. The lowest BCUT2D eigenvalue weighted by molar-refractivity contribution is -0.108. The average Bonchev–Trinajstić information content (AvgIpc) is 2.80. The highest BCUT2D eigenvalue weighted by molar-refractivity contribution is 7.99. The summed E-state index contributed by atoms with van der Waals surface area (Å²) in [7, 11) is 1.79. The van der Waals surface area contributed by atoms with Gasteiger partial charge < -0.3 is 19.3 Å². The zero-order valence-electron chi connectivity index (χ0n) is 18.6. The van der Waals surface area contributed by atoms with Gasteiger partial charge in [0, 0.05) is 69.6 Å². The molecule has 0 N–H and O–H groups in total. The van der Waals surface area contributed by atoms with Gasteiger partial charge in [-0.25, -0.2) is 0 Å². The number of carbonyl (C=O) groups excluding carboxylic acids is 1. The molecule has 0 unspecified atom stereocenters. The smallest absolute Gasteiger partial charge is 0.133 e. The number of piperidine rings is 1. The van der Waals surface area contributed by atoms with Crippen LogP contribution in [0.4, 0.5) is 11.4 Å². The van der Waals surface area contributed by atoms with Gasteiger partial charge >= 0.3 is 0 Å². The van der Waals surface area contributed by atoms with E-state index < -0.39 is 0 Å². The van der Waals surface area contributed by atoms with Crippen LogP contribution < -0.4 is 9.80 Å². The van der Waals surface area contributed by atoms with Crippen molar-refractivity contribution in [1.29, 1.82) is 0 Å². The number of methoxy groups -OCH3 is 1. The molecular weight excluding hydrogens is 394 g/mol. The molecule has 0 bridgehead atoms. The molecule has 2 fully saturated rings. The van der Waals surface area contributed by atoms with Crippen LogP contribution in [-0.4, -0.2) is 81.7 Å². The molecular formula is C24H39N3O2S. The van der Waals surface area contributed by atoms with Crippen LogP contribution in [0.3, 0.4) is 0 Å². The summed E-state index contributed by atoms with van der Waals surface area (Å²) in [5.74, 6) is 1.31. The van der Waals surface area contributed by atoms with E-state index in [1.54, 1.807) is 7.11 Å². The molecule has 2 saturated heterocycles. The summed E-state index contributed by atoms with van der Waals surface area (Å²) < 4.78 is 5.11. The van der Waals surface area contributed by atoms with Crippen LogP contribution in [0.5, 0.6) is 0 Å². The number of carbonyl (C=O) groups is 1. The molecule has 2 aliphatic rings. The van der Waals surface area contributed by atoms with Gasteiger partial charge in [-0.1, -0.05) is 12.8 Å². The minimum absolute atomic E-state index is 0.565. The van der Waals surface area contributed by atoms with Crippen LogP contribution in [0.25, 0.3) is 0 Å². The van der Waals surface area contributed by atoms with Crippen molar-refractivity contribution in [3.8, 4) is 0 Å². The van der Waals surface area contributed by atoms with Crippen LogP contribution in [0.15, 0.2) is 24.3 Å². The Labute approximate surface area is 187 Å². The Bertz CT molecular complexity index is 597. The fourth-order valence-corrected chi connectivity index (χ4v) is 5.65. The third-order valence-electron chi connectivity index (χ3n) is 6.32. The minimum atomic E-state index is 0.565. The molecule has 3 rings (SSSR count). The van der Waals surface area contributed by atoms with Gasteiger partial charge in [0.25, 0.3) is 0 Å². The Balaban J connectivity index is 1.33. The third-order valence-corrected chi connectivity index (χ3v) is 7.79. The molecule has 30 heavy (non-hydrogen) atoms. The summed E-state index contributed by atoms with van der Waals surface area (Å²) in [6.45, 7) is 7.77. The molecule has 0 aliphatic carbocycles. The van der Waals surface area contributed by atoms with Crippen LogP contribution in [0.2, 0.25) is 0 Å². The van der Waals surface area contributed by atoms with Crippen molar-refractivity contribution in [3.05, 3.63) is 24.3 Å². The Hall–Kier alpha value is -1.24. The van der Waals surface area contributed by atoms with Crippen LogP contribution >= 0.6 is 11.8 Å². The maximum absolute atomic E-state index is 10.7. The second-order valence-electron chi connectivity index (χ2n) is 8.43. The summed E-state index contributed by atoms with van der Waals surface area (Å²) in [5.41, 5.74) is 2.67. The van der Waals surface area contributed by atoms with Gasteiger partial charge in [0.05, 0.1) is 6.54 Å². The largest absolute Gasteiger partial charge is 0.385 e. The third kappa shape index (κ3) is 7.47. The van der Waals surface area contributed by atoms with Crippen molar-refractivity contribution in [2.24, 2.45) is 0 Å². The van der Waals surface area contributed by atoms with Crippen molar-refractivity contribution in [2.75, 3.05) is 75.1 Å². The van der Waals surface area contributed by atoms with E-state index in [4.69, 9.17) is 4.74 Å². The molecule has 0 aromatic heterocycles. The summed E-state index contributed by atoms with van der Waals surface area (Å²) in [6, 6.07) is 9.13. The van der Waals surface area contributed by atoms with E-state index in [0.717, 1.165) is 44.3 Å². The number of ether oxygens (including phenoxy) is 1. The Morgan fingerprint density at radius 3 is 2.10 bits per heavy atom. The lowest BCUT2D eigenvalue weighted by Gasteiger charge is -2.36. The standard InChI is InChI=1S/C24H39N3O2S/c1-29-20-4-2-3-5-21-30-24-10-12-26(13-11-24)22-6-8-23(9-7-22)27-16-14-25(15-17-27)18-19-28/h6-9,19,24H,2-5,10-18,20-21H2,1H3. The second-order valence-corrected chi connectivity index (χ2v) is 9.84. The summed E-state index contributed by atoms with van der Waals surface area (Å²) in [5, 5.41) is 0.835. The number of thioether (sulfide) groups is 1. The Kier molecular flexibility index (Phi) is 10.3. The summed E-state index contributed by atoms with van der Waals surface area (Å²) >= 11 is 2.19. The fourth-order valence-electron chi connectivity index (χ4n) is 4.40. The molecule has 2 heterocycles. The number of piperazine rings is 1. The SMILES string of the molecule is COCCCCCCSC1CCN(c2ccc(N3CCN(CC=O)CC3)cc2)CC1. The number of anilines is 2. The predicted molar refractivity (Wildman–Crippen MR) is 129 cm³/mol. The van der Waals surface area contributed by atoms with Crippen molar-refractivity contribution in [1.82, 2.24) is 4.90 Å². The van der Waals surface area contributed by atoms with Gasteiger partial charge in [0.1, 0.15) is 6.29 Å². The molecule has 2 aliphatic heterocycles. The number of benzene rings is 1. The first-order valence-electron chi connectivity index (χ1n) is 11.7. The molecule has 1 aromatic rings. The highest BCUT2D eigenvalue weighted by atomic mass is 32.2. The molecule has 0 saturated carbocycles. The molecule has 168 valence electrons. The van der Waals surface area contributed by atoms with E-state index in [-0.39, 0.29) is 0 Å². The molecule has 5 nitrogen and oxygen atoms in total. The van der Waals surface area contributed by atoms with Gasteiger partial charge in [0.2, 0.25) is 0 Å². The zero-order chi connectivity index (χ0) is 21.0. The van der Waals surface area contributed by atoms with E-state index in [1.807, 2.05) is 0 Å². The minimum Gasteiger partial charge on any atom is -0.385 e. The predicted octanol–water partition coefficient (Wildman–Crippen LogP) is 3.92. The van der Waals surface area contributed by atoms with Crippen LogP contribution in [0.1, 0.15) is 38.5 Å². The molecule has 0 atom stereocenters. The summed E-state index contributed by atoms with van der Waals surface area (Å²) in [4.78, 5) is 17.9. The maximum Gasteiger partial charge on any atom is 0.133 e. The molecule has 6 heteroatoms. The van der Waals surface area contributed by atoms with Gasteiger partial charge in [0.15, 0.2) is 0 Å². The first-order chi connectivity index (χ1) is 14.8. The fraction of sp³-hybridized carbons (Fsp3) is 0.708. The van der Waals surface area contributed by atoms with E-state index in [9.17, 15) is 4.79 Å². The summed E-state index contributed by atoms with van der Waals surface area (Å²) in [6.07, 6.45) is 8.80. The lowest BCUT2D eigenvalue weighted by Crippen LogP contribution is -2.46. The Morgan fingerprint density at radius 1 is 0.900 bits per heavy atom. The lowest BCUT2D eigenvalue weighted by atomic mass is 10.1. The number of rotatable bonds is 12.